The van der Waals surface area contributed by atoms with Crippen LogP contribution in [0.3, 0.4) is 0 Å². The highest BCUT2D eigenvalue weighted by Gasteiger charge is 2.16. The average Bonchev–Trinajstić information content (AvgIpc) is 2.38. The van der Waals surface area contributed by atoms with Crippen LogP contribution in [0.5, 0.6) is 0 Å². The summed E-state index contributed by atoms with van der Waals surface area (Å²) >= 11 is 0. The maximum atomic E-state index is 2.34. The fraction of sp³-hybridized carbons (Fsp3) is 0.368. The van der Waals surface area contributed by atoms with Crippen LogP contribution in [0.4, 0.5) is 0 Å². The topological polar surface area (TPSA) is 0 Å². The first kappa shape index (κ1) is 13.9. The Bertz CT molecular complexity index is 544. The lowest BCUT2D eigenvalue weighted by molar-refractivity contribution is 0.589. The number of rotatable bonds is 2. The molecule has 2 aromatic carbocycles. The second-order valence-corrected chi connectivity index (χ2v) is 6.45. The minimum Gasteiger partial charge on any atom is -0.0622 e. The van der Waals surface area contributed by atoms with Crippen LogP contribution >= 0.6 is 0 Å². The van der Waals surface area contributed by atoms with Gasteiger partial charge in [0.05, 0.1) is 0 Å². The quantitative estimate of drug-likeness (QED) is 0.667. The van der Waals surface area contributed by atoms with Gasteiger partial charge in [-0.3, -0.25) is 0 Å². The van der Waals surface area contributed by atoms with Crippen molar-refractivity contribution in [3.05, 3.63) is 70.8 Å². The van der Waals surface area contributed by atoms with Crippen LogP contribution in [-0.2, 0) is 5.41 Å². The maximum Gasteiger partial charge on any atom is 0.00636 e. The highest BCUT2D eigenvalue weighted by atomic mass is 14.2. The van der Waals surface area contributed by atoms with Gasteiger partial charge in [0.15, 0.2) is 0 Å². The zero-order valence-electron chi connectivity index (χ0n) is 12.7. The molecule has 0 aliphatic rings. The number of benzene rings is 2. The van der Waals surface area contributed by atoms with Crippen molar-refractivity contribution >= 4 is 0 Å². The summed E-state index contributed by atoms with van der Waals surface area (Å²) in [7, 11) is 0. The van der Waals surface area contributed by atoms with Crippen molar-refractivity contribution in [2.45, 2.75) is 46.0 Å². The van der Waals surface area contributed by atoms with E-state index in [1.54, 1.807) is 0 Å². The van der Waals surface area contributed by atoms with E-state index < -0.39 is 0 Å². The molecule has 0 radical (unpaired) electrons. The van der Waals surface area contributed by atoms with Crippen LogP contribution in [0, 0.1) is 6.92 Å². The zero-order valence-corrected chi connectivity index (χ0v) is 12.7. The van der Waals surface area contributed by atoms with E-state index in [1.165, 1.54) is 22.3 Å². The van der Waals surface area contributed by atoms with Crippen LogP contribution in [0.15, 0.2) is 48.5 Å². The fourth-order valence-electron chi connectivity index (χ4n) is 2.55. The molecule has 0 nitrogen and oxygen atoms in total. The molecule has 19 heavy (non-hydrogen) atoms. The standard InChI is InChI=1S/C19H24/c1-14-13-17(19(3,4)5)11-12-18(14)15(2)16-9-7-6-8-10-16/h6-13,15H,1-5H3. The summed E-state index contributed by atoms with van der Waals surface area (Å²) in [5, 5.41) is 0. The Hall–Kier alpha value is -1.56. The van der Waals surface area contributed by atoms with E-state index in [9.17, 15) is 0 Å². The molecule has 0 aliphatic carbocycles. The van der Waals surface area contributed by atoms with Crippen molar-refractivity contribution in [1.29, 1.82) is 0 Å². The van der Waals surface area contributed by atoms with Crippen LogP contribution in [0.1, 0.15) is 55.9 Å². The molecule has 0 amide bonds. The summed E-state index contributed by atoms with van der Waals surface area (Å²) in [6.45, 7) is 11.3. The summed E-state index contributed by atoms with van der Waals surface area (Å²) in [6, 6.07) is 17.6. The van der Waals surface area contributed by atoms with Gasteiger partial charge in [-0.05, 0) is 34.6 Å². The Kier molecular flexibility index (Phi) is 3.80. The molecule has 0 spiro atoms. The van der Waals surface area contributed by atoms with Crippen molar-refractivity contribution in [2.75, 3.05) is 0 Å². The van der Waals surface area contributed by atoms with Crippen molar-refractivity contribution in [3.63, 3.8) is 0 Å². The third-order valence-electron chi connectivity index (χ3n) is 3.90. The molecule has 0 N–H and O–H groups in total. The van der Waals surface area contributed by atoms with Gasteiger partial charge >= 0.3 is 0 Å². The highest BCUT2D eigenvalue weighted by Crippen LogP contribution is 2.30. The van der Waals surface area contributed by atoms with E-state index >= 15 is 0 Å². The summed E-state index contributed by atoms with van der Waals surface area (Å²) in [4.78, 5) is 0. The fourth-order valence-corrected chi connectivity index (χ4v) is 2.55. The monoisotopic (exact) mass is 252 g/mol. The second kappa shape index (κ2) is 5.21. The van der Waals surface area contributed by atoms with Crippen LogP contribution in [0.25, 0.3) is 0 Å². The predicted molar refractivity (Wildman–Crippen MR) is 83.8 cm³/mol. The van der Waals surface area contributed by atoms with Gasteiger partial charge in [-0.15, -0.1) is 0 Å². The summed E-state index contributed by atoms with van der Waals surface area (Å²) in [6.07, 6.45) is 0. The van der Waals surface area contributed by atoms with Gasteiger partial charge in [-0.25, -0.2) is 0 Å². The molecule has 100 valence electrons. The molecule has 2 aromatic rings. The molecular formula is C19H24. The molecule has 1 unspecified atom stereocenters. The van der Waals surface area contributed by atoms with Gasteiger partial charge in [0.1, 0.15) is 0 Å². The third-order valence-corrected chi connectivity index (χ3v) is 3.90. The summed E-state index contributed by atoms with van der Waals surface area (Å²) in [5.41, 5.74) is 5.84. The smallest absolute Gasteiger partial charge is 0.00636 e. The Morgan fingerprint density at radius 1 is 0.895 bits per heavy atom. The number of hydrogen-bond donors (Lipinski definition) is 0. The first-order chi connectivity index (χ1) is 8.89. The highest BCUT2D eigenvalue weighted by molar-refractivity contribution is 5.40. The zero-order chi connectivity index (χ0) is 14.0. The molecule has 0 heteroatoms. The van der Waals surface area contributed by atoms with Gasteiger partial charge in [-0.1, -0.05) is 76.2 Å². The van der Waals surface area contributed by atoms with E-state index in [-0.39, 0.29) is 5.41 Å². The van der Waals surface area contributed by atoms with Crippen molar-refractivity contribution in [3.8, 4) is 0 Å². The molecular weight excluding hydrogens is 228 g/mol. The molecule has 0 saturated carbocycles. The molecule has 0 bridgehead atoms. The van der Waals surface area contributed by atoms with E-state index in [4.69, 9.17) is 0 Å². The minimum atomic E-state index is 0.222. The SMILES string of the molecule is Cc1cc(C(C)(C)C)ccc1C(C)c1ccccc1. The molecule has 1 atom stereocenters. The molecule has 0 heterocycles. The lowest BCUT2D eigenvalue weighted by Gasteiger charge is -2.22. The van der Waals surface area contributed by atoms with Gasteiger partial charge in [0, 0.05) is 5.92 Å². The average molecular weight is 252 g/mol. The van der Waals surface area contributed by atoms with Crippen LogP contribution in [-0.4, -0.2) is 0 Å². The first-order valence-corrected chi connectivity index (χ1v) is 7.05. The van der Waals surface area contributed by atoms with Gasteiger partial charge in [0.2, 0.25) is 0 Å². The summed E-state index contributed by atoms with van der Waals surface area (Å²) in [5.74, 6) is 0.454. The Morgan fingerprint density at radius 3 is 2.05 bits per heavy atom. The summed E-state index contributed by atoms with van der Waals surface area (Å²) < 4.78 is 0. The molecule has 2 rings (SSSR count). The minimum absolute atomic E-state index is 0.222. The Balaban J connectivity index is 2.37. The Labute approximate surface area is 117 Å². The lowest BCUT2D eigenvalue weighted by atomic mass is 9.83. The largest absolute Gasteiger partial charge is 0.0622 e. The Morgan fingerprint density at radius 2 is 1.53 bits per heavy atom. The first-order valence-electron chi connectivity index (χ1n) is 7.05. The maximum absolute atomic E-state index is 2.34. The molecule has 0 aromatic heterocycles. The van der Waals surface area contributed by atoms with E-state index in [0.29, 0.717) is 5.92 Å². The normalized spacial score (nSPS) is 13.3. The number of hydrogen-bond acceptors (Lipinski definition) is 0. The predicted octanol–water partition coefficient (Wildman–Crippen LogP) is 5.44. The number of aryl methyl sites for hydroxylation is 1. The lowest BCUT2D eigenvalue weighted by Crippen LogP contribution is -2.12. The van der Waals surface area contributed by atoms with Gasteiger partial charge in [-0.2, -0.15) is 0 Å². The molecule has 0 fully saturated rings. The van der Waals surface area contributed by atoms with Crippen LogP contribution in [0.2, 0.25) is 0 Å². The van der Waals surface area contributed by atoms with Gasteiger partial charge in [0.25, 0.3) is 0 Å². The van der Waals surface area contributed by atoms with Gasteiger partial charge < -0.3 is 0 Å². The molecule has 0 saturated heterocycles. The second-order valence-electron chi connectivity index (χ2n) is 6.45. The van der Waals surface area contributed by atoms with Crippen molar-refractivity contribution in [1.82, 2.24) is 0 Å². The van der Waals surface area contributed by atoms with Crippen molar-refractivity contribution < 1.29 is 0 Å². The van der Waals surface area contributed by atoms with E-state index in [0.717, 1.165) is 0 Å². The van der Waals surface area contributed by atoms with E-state index in [1.807, 2.05) is 0 Å². The van der Waals surface area contributed by atoms with E-state index in [2.05, 4.69) is 83.1 Å². The van der Waals surface area contributed by atoms with Crippen LogP contribution < -0.4 is 0 Å². The molecule has 0 aliphatic heterocycles. The third kappa shape index (κ3) is 3.07. The van der Waals surface area contributed by atoms with Crippen molar-refractivity contribution in [2.24, 2.45) is 0 Å².